The van der Waals surface area contributed by atoms with Crippen LogP contribution in [0.5, 0.6) is 5.75 Å². The first-order chi connectivity index (χ1) is 18.1. The van der Waals surface area contributed by atoms with Crippen molar-refractivity contribution in [2.24, 2.45) is 10.7 Å². The van der Waals surface area contributed by atoms with Crippen molar-refractivity contribution in [3.8, 4) is 5.75 Å². The van der Waals surface area contributed by atoms with Crippen molar-refractivity contribution in [3.63, 3.8) is 0 Å². The maximum atomic E-state index is 13.4. The van der Waals surface area contributed by atoms with Crippen LogP contribution >= 0.6 is 0 Å². The van der Waals surface area contributed by atoms with Crippen molar-refractivity contribution in [2.45, 2.75) is 63.6 Å². The predicted octanol–water partition coefficient (Wildman–Crippen LogP) is 3.52. The summed E-state index contributed by atoms with van der Waals surface area (Å²) in [6.07, 6.45) is 3.47. The molecule has 4 rings (SSSR count). The van der Waals surface area contributed by atoms with E-state index in [0.29, 0.717) is 37.0 Å². The van der Waals surface area contributed by atoms with E-state index in [2.05, 4.69) is 10.3 Å². The van der Waals surface area contributed by atoms with Gasteiger partial charge in [0.25, 0.3) is 5.91 Å². The summed E-state index contributed by atoms with van der Waals surface area (Å²) in [5, 5.41) is 3.09. The smallest absolute Gasteiger partial charge is 0.251 e. The molecular weight excluding hydrogens is 504 g/mol. The van der Waals surface area contributed by atoms with Gasteiger partial charge in [0.2, 0.25) is 5.91 Å². The Morgan fingerprint density at radius 3 is 2.63 bits per heavy atom. The predicted molar refractivity (Wildman–Crippen MR) is 147 cm³/mol. The summed E-state index contributed by atoms with van der Waals surface area (Å²) < 4.78 is 29.8. The number of para-hydroxylation sites is 1. The van der Waals surface area contributed by atoms with Crippen LogP contribution in [-0.2, 0) is 14.6 Å². The van der Waals surface area contributed by atoms with E-state index in [1.165, 1.54) is 4.90 Å². The Morgan fingerprint density at radius 2 is 1.95 bits per heavy atom. The quantitative estimate of drug-likeness (QED) is 0.500. The lowest BCUT2D eigenvalue weighted by molar-refractivity contribution is -0.131. The molecule has 2 aliphatic rings. The number of sulfone groups is 1. The molecule has 10 heteroatoms. The number of nitrogens with two attached hydrogens (primary N) is 1. The van der Waals surface area contributed by atoms with Gasteiger partial charge in [-0.15, -0.1) is 0 Å². The van der Waals surface area contributed by atoms with Gasteiger partial charge < -0.3 is 15.8 Å². The first-order valence-corrected chi connectivity index (χ1v) is 15.1. The first kappa shape index (κ1) is 27.6. The van der Waals surface area contributed by atoms with Gasteiger partial charge in [-0.25, -0.2) is 13.4 Å². The highest BCUT2D eigenvalue weighted by molar-refractivity contribution is 7.90. The van der Waals surface area contributed by atoms with Crippen LogP contribution in [0.15, 0.2) is 53.5 Å². The van der Waals surface area contributed by atoms with E-state index in [0.717, 1.165) is 17.6 Å². The van der Waals surface area contributed by atoms with E-state index < -0.39 is 21.4 Å². The van der Waals surface area contributed by atoms with Gasteiger partial charge in [0, 0.05) is 23.8 Å². The molecule has 0 aromatic heterocycles. The van der Waals surface area contributed by atoms with Gasteiger partial charge in [-0.05, 0) is 43.0 Å². The molecule has 0 spiro atoms. The third-order valence-corrected chi connectivity index (χ3v) is 8.51. The maximum Gasteiger partial charge on any atom is 0.251 e. The lowest BCUT2D eigenvalue weighted by atomic mass is 9.87. The van der Waals surface area contributed by atoms with Gasteiger partial charge in [-0.2, -0.15) is 0 Å². The molecule has 2 aromatic rings. The molecule has 0 radical (unpaired) electrons. The number of fused-ring (bicyclic) bond motifs is 1. The fraction of sp³-hybridized carbons (Fsp3) is 0.464. The zero-order valence-electron chi connectivity index (χ0n) is 22.1. The standard InChI is InChI=1S/C28H36N4O5S/c1-4-28(5-2)18-25(33)32(27(29)31-28)23(14-16-38(3,35)36)19-9-8-10-20(17-19)26(34)30-22-13-15-37-24-12-7-6-11-21(22)24/h6-12,17,22-23H,4-5,13-16,18H2,1-3H3,(H2,29,31)(H,30,34)/t22-,23+/m0/s1. The number of nitrogens with one attached hydrogen (secondary N) is 1. The van der Waals surface area contributed by atoms with Crippen molar-refractivity contribution in [3.05, 3.63) is 65.2 Å². The molecule has 2 aromatic carbocycles. The molecule has 0 unspecified atom stereocenters. The number of rotatable bonds is 9. The molecule has 2 amide bonds. The third kappa shape index (κ3) is 6.01. The van der Waals surface area contributed by atoms with Gasteiger partial charge in [-0.1, -0.05) is 44.2 Å². The van der Waals surface area contributed by atoms with Gasteiger partial charge in [-0.3, -0.25) is 14.5 Å². The zero-order chi connectivity index (χ0) is 27.5. The minimum Gasteiger partial charge on any atom is -0.493 e. The average molecular weight is 541 g/mol. The molecule has 0 aliphatic carbocycles. The topological polar surface area (TPSA) is 131 Å². The third-order valence-electron chi connectivity index (χ3n) is 7.53. The van der Waals surface area contributed by atoms with Crippen molar-refractivity contribution in [2.75, 3.05) is 18.6 Å². The first-order valence-electron chi connectivity index (χ1n) is 13.0. The molecule has 204 valence electrons. The highest BCUT2D eigenvalue weighted by atomic mass is 32.2. The molecule has 0 saturated heterocycles. The molecule has 0 saturated carbocycles. The number of hydrogen-bond acceptors (Lipinski definition) is 7. The van der Waals surface area contributed by atoms with Gasteiger partial charge in [0.15, 0.2) is 5.96 Å². The van der Waals surface area contributed by atoms with E-state index in [-0.39, 0.29) is 42.4 Å². The molecule has 2 aliphatic heterocycles. The van der Waals surface area contributed by atoms with E-state index in [9.17, 15) is 18.0 Å². The van der Waals surface area contributed by atoms with E-state index in [1.807, 2.05) is 38.1 Å². The Kier molecular flexibility index (Phi) is 8.10. The second-order valence-corrected chi connectivity index (χ2v) is 12.4. The Labute approximate surface area is 224 Å². The Hall–Kier alpha value is -3.40. The highest BCUT2D eigenvalue weighted by Gasteiger charge is 2.40. The summed E-state index contributed by atoms with van der Waals surface area (Å²) in [5.74, 6) is 0.229. The van der Waals surface area contributed by atoms with Gasteiger partial charge >= 0.3 is 0 Å². The highest BCUT2D eigenvalue weighted by Crippen LogP contribution is 2.35. The summed E-state index contributed by atoms with van der Waals surface area (Å²) in [7, 11) is -3.32. The van der Waals surface area contributed by atoms with Crippen LogP contribution in [0.1, 0.15) is 79.5 Å². The number of ether oxygens (including phenoxy) is 1. The zero-order valence-corrected chi connectivity index (χ0v) is 23.0. The molecule has 9 nitrogen and oxygen atoms in total. The number of nitrogens with zero attached hydrogens (tertiary/aromatic N) is 2. The van der Waals surface area contributed by atoms with Crippen molar-refractivity contribution in [1.29, 1.82) is 0 Å². The lowest BCUT2D eigenvalue weighted by Crippen LogP contribution is -2.52. The average Bonchev–Trinajstić information content (AvgIpc) is 2.89. The van der Waals surface area contributed by atoms with Crippen LogP contribution < -0.4 is 15.8 Å². The van der Waals surface area contributed by atoms with Crippen molar-refractivity contribution < 1.29 is 22.7 Å². The molecule has 0 bridgehead atoms. The van der Waals surface area contributed by atoms with Crippen LogP contribution in [-0.4, -0.2) is 55.2 Å². The van der Waals surface area contributed by atoms with Crippen LogP contribution in [0.3, 0.4) is 0 Å². The van der Waals surface area contributed by atoms with Crippen molar-refractivity contribution >= 4 is 27.6 Å². The summed E-state index contributed by atoms with van der Waals surface area (Å²) >= 11 is 0. The largest absolute Gasteiger partial charge is 0.493 e. The van der Waals surface area contributed by atoms with Crippen LogP contribution in [0.2, 0.25) is 0 Å². The molecular formula is C28H36N4O5S. The van der Waals surface area contributed by atoms with Gasteiger partial charge in [0.1, 0.15) is 15.6 Å². The van der Waals surface area contributed by atoms with E-state index >= 15 is 0 Å². The summed E-state index contributed by atoms with van der Waals surface area (Å²) in [5.41, 5.74) is 7.76. The molecule has 2 atom stereocenters. The fourth-order valence-electron chi connectivity index (χ4n) is 5.21. The number of aliphatic imine (C=N–C) groups is 1. The Balaban J connectivity index is 1.64. The maximum absolute atomic E-state index is 13.4. The SMILES string of the molecule is CCC1(CC)CC(=O)N([C@H](CCS(C)(=O)=O)c2cccc(C(=O)N[C@H]3CCOc4ccccc43)c2)C(N)=N1. The Bertz CT molecular complexity index is 1340. The second kappa shape index (κ2) is 11.1. The van der Waals surface area contributed by atoms with Crippen LogP contribution in [0, 0.1) is 0 Å². The molecule has 38 heavy (non-hydrogen) atoms. The summed E-state index contributed by atoms with van der Waals surface area (Å²) in [6.45, 7) is 4.45. The number of hydrogen-bond donors (Lipinski definition) is 2. The van der Waals surface area contributed by atoms with E-state index in [4.69, 9.17) is 10.5 Å². The van der Waals surface area contributed by atoms with Gasteiger partial charge in [0.05, 0.1) is 36.4 Å². The number of amides is 2. The van der Waals surface area contributed by atoms with E-state index in [1.54, 1.807) is 24.3 Å². The summed E-state index contributed by atoms with van der Waals surface area (Å²) in [4.78, 5) is 32.8. The normalized spacial score (nSPS) is 19.7. The monoisotopic (exact) mass is 540 g/mol. The number of benzene rings is 2. The number of carbonyl (C=O) groups excluding carboxylic acids is 2. The van der Waals surface area contributed by atoms with Crippen LogP contribution in [0.25, 0.3) is 0 Å². The lowest BCUT2D eigenvalue weighted by Gasteiger charge is -2.40. The number of guanidine groups is 1. The summed E-state index contributed by atoms with van der Waals surface area (Å²) in [6, 6.07) is 13.7. The molecule has 2 heterocycles. The Morgan fingerprint density at radius 1 is 1.21 bits per heavy atom. The van der Waals surface area contributed by atoms with Crippen molar-refractivity contribution in [1.82, 2.24) is 10.2 Å². The minimum absolute atomic E-state index is 0.0807. The minimum atomic E-state index is -3.32. The second-order valence-electron chi connectivity index (χ2n) is 10.1. The van der Waals surface area contributed by atoms with Crippen LogP contribution in [0.4, 0.5) is 0 Å². The number of carbonyl (C=O) groups is 2. The molecule has 3 N–H and O–H groups in total. The fourth-order valence-corrected chi connectivity index (χ4v) is 5.87. The molecule has 0 fully saturated rings.